The van der Waals surface area contributed by atoms with Crippen LogP contribution in [0, 0.1) is 0 Å². The Bertz CT molecular complexity index is 516. The highest BCUT2D eigenvalue weighted by Crippen LogP contribution is 2.35. The van der Waals surface area contributed by atoms with E-state index in [0.717, 1.165) is 5.56 Å². The average Bonchev–Trinajstić information content (AvgIpc) is 2.53. The fraction of sp³-hybridized carbons (Fsp3) is 0.333. The molecule has 0 heterocycles. The third-order valence-electron chi connectivity index (χ3n) is 3.44. The van der Waals surface area contributed by atoms with Crippen LogP contribution >= 0.6 is 0 Å². The lowest BCUT2D eigenvalue weighted by atomic mass is 10.0. The lowest BCUT2D eigenvalue weighted by Crippen LogP contribution is -2.21. The summed E-state index contributed by atoms with van der Waals surface area (Å²) in [6, 6.07) is 14.4. The van der Waals surface area contributed by atoms with Gasteiger partial charge in [0.05, 0.1) is 0 Å². The molecule has 0 unspecified atom stereocenters. The number of nitrogens with zero attached hydrogens (tertiary/aromatic N) is 1. The van der Waals surface area contributed by atoms with E-state index in [1.54, 1.807) is 12.1 Å². The highest BCUT2D eigenvalue weighted by atomic mass is 16.3. The molecule has 2 N–H and O–H groups in total. The topological polar surface area (TPSA) is 43.7 Å². The first-order valence-electron chi connectivity index (χ1n) is 7.42. The molecule has 0 spiro atoms. The van der Waals surface area contributed by atoms with E-state index in [1.807, 2.05) is 30.3 Å². The molecule has 0 radical (unpaired) electrons. The molecule has 0 fully saturated rings. The van der Waals surface area contributed by atoms with Crippen molar-refractivity contribution in [1.29, 1.82) is 0 Å². The fourth-order valence-electron chi connectivity index (χ4n) is 2.05. The van der Waals surface area contributed by atoms with Crippen LogP contribution in [0.2, 0.25) is 0 Å². The van der Waals surface area contributed by atoms with E-state index in [-0.39, 0.29) is 11.5 Å². The Morgan fingerprint density at radius 3 is 1.81 bits per heavy atom. The minimum atomic E-state index is -0.0913. The Kier molecular flexibility index (Phi) is 7.33. The number of hydrogen-bond acceptors (Lipinski definition) is 3. The van der Waals surface area contributed by atoms with Gasteiger partial charge in [-0.1, -0.05) is 63.2 Å². The van der Waals surface area contributed by atoms with Gasteiger partial charge in [-0.25, -0.2) is 0 Å². The zero-order valence-electron chi connectivity index (χ0n) is 13.1. The number of phenolic OH excluding ortho intramolecular Hbond substituents is 2. The highest BCUT2D eigenvalue weighted by molar-refractivity contribution is 5.72. The van der Waals surface area contributed by atoms with Gasteiger partial charge in [0, 0.05) is 5.56 Å². The van der Waals surface area contributed by atoms with Crippen molar-refractivity contribution in [2.45, 2.75) is 20.8 Å². The molecule has 2 aromatic rings. The van der Waals surface area contributed by atoms with E-state index in [4.69, 9.17) is 0 Å². The van der Waals surface area contributed by atoms with Crippen molar-refractivity contribution < 1.29 is 10.2 Å². The maximum atomic E-state index is 9.60. The summed E-state index contributed by atoms with van der Waals surface area (Å²) in [6.07, 6.45) is 0. The molecule has 0 atom stereocenters. The summed E-state index contributed by atoms with van der Waals surface area (Å²) < 4.78 is 0. The van der Waals surface area contributed by atoms with Crippen molar-refractivity contribution in [2.24, 2.45) is 0 Å². The van der Waals surface area contributed by atoms with Gasteiger partial charge < -0.3 is 15.1 Å². The van der Waals surface area contributed by atoms with Crippen molar-refractivity contribution >= 4 is 0 Å². The van der Waals surface area contributed by atoms with Gasteiger partial charge in [-0.2, -0.15) is 0 Å². The minimum absolute atomic E-state index is 0.0706. The Balaban J connectivity index is 0.000000270. The number of benzene rings is 2. The van der Waals surface area contributed by atoms with Crippen LogP contribution in [0.15, 0.2) is 48.5 Å². The zero-order valence-corrected chi connectivity index (χ0v) is 13.1. The quantitative estimate of drug-likeness (QED) is 0.832. The average molecular weight is 287 g/mol. The highest BCUT2D eigenvalue weighted by Gasteiger charge is 2.06. The lowest BCUT2D eigenvalue weighted by molar-refractivity contribution is 0.321. The third kappa shape index (κ3) is 5.12. The molecule has 114 valence electrons. The first-order chi connectivity index (χ1) is 10.1. The van der Waals surface area contributed by atoms with Gasteiger partial charge in [0.25, 0.3) is 0 Å². The summed E-state index contributed by atoms with van der Waals surface area (Å²) in [6.45, 7) is 10.1. The van der Waals surface area contributed by atoms with Gasteiger partial charge in [0.2, 0.25) is 0 Å². The second-order valence-electron chi connectivity index (χ2n) is 4.66. The molecule has 0 saturated heterocycles. The largest absolute Gasteiger partial charge is 0.504 e. The maximum Gasteiger partial charge on any atom is 0.165 e. The normalized spacial score (nSPS) is 10.1. The molecule has 0 aromatic heterocycles. The Hall–Kier alpha value is -2.00. The predicted molar refractivity (Wildman–Crippen MR) is 88.7 cm³/mol. The van der Waals surface area contributed by atoms with Gasteiger partial charge in [0.15, 0.2) is 11.5 Å². The summed E-state index contributed by atoms with van der Waals surface area (Å²) in [5.74, 6) is -0.162. The number of hydrogen-bond donors (Lipinski definition) is 2. The van der Waals surface area contributed by atoms with Gasteiger partial charge in [-0.05, 0) is 31.3 Å². The van der Waals surface area contributed by atoms with E-state index in [2.05, 4.69) is 25.7 Å². The van der Waals surface area contributed by atoms with Crippen LogP contribution in [0.4, 0.5) is 0 Å². The van der Waals surface area contributed by atoms with Crippen LogP contribution in [-0.2, 0) is 0 Å². The van der Waals surface area contributed by atoms with Crippen LogP contribution < -0.4 is 0 Å². The molecule has 0 amide bonds. The third-order valence-corrected chi connectivity index (χ3v) is 3.44. The van der Waals surface area contributed by atoms with E-state index in [1.165, 1.54) is 25.7 Å². The van der Waals surface area contributed by atoms with E-state index in [0.29, 0.717) is 5.56 Å². The molecule has 3 heteroatoms. The summed E-state index contributed by atoms with van der Waals surface area (Å²) in [7, 11) is 0. The SMILES string of the molecule is CCN(CC)CC.Oc1cccc(-c2ccccc2)c1O. The molecular formula is C18H25NO2. The van der Waals surface area contributed by atoms with E-state index >= 15 is 0 Å². The molecule has 0 aliphatic carbocycles. The monoisotopic (exact) mass is 287 g/mol. The van der Waals surface area contributed by atoms with E-state index in [9.17, 15) is 10.2 Å². The molecule has 21 heavy (non-hydrogen) atoms. The zero-order chi connectivity index (χ0) is 15.7. The molecule has 2 rings (SSSR count). The van der Waals surface area contributed by atoms with Crippen molar-refractivity contribution in [3.05, 3.63) is 48.5 Å². The Morgan fingerprint density at radius 1 is 0.762 bits per heavy atom. The molecule has 0 saturated carbocycles. The maximum absolute atomic E-state index is 9.60. The lowest BCUT2D eigenvalue weighted by Gasteiger charge is -2.13. The molecule has 0 bridgehead atoms. The summed E-state index contributed by atoms with van der Waals surface area (Å²) in [5.41, 5.74) is 1.53. The van der Waals surface area contributed by atoms with Crippen LogP contribution in [0.5, 0.6) is 11.5 Å². The summed E-state index contributed by atoms with van der Waals surface area (Å²) in [4.78, 5) is 2.38. The standard InChI is InChI=1S/C12H10O2.C6H15N/c13-11-8-4-7-10(12(11)14)9-5-2-1-3-6-9;1-4-7(5-2)6-3/h1-8,13-14H;4-6H2,1-3H3. The van der Waals surface area contributed by atoms with Crippen molar-refractivity contribution in [2.75, 3.05) is 19.6 Å². The van der Waals surface area contributed by atoms with Crippen LogP contribution in [0.3, 0.4) is 0 Å². The predicted octanol–water partition coefficient (Wildman–Crippen LogP) is 4.11. The van der Waals surface area contributed by atoms with Gasteiger partial charge in [-0.3, -0.25) is 0 Å². The number of para-hydroxylation sites is 1. The molecule has 2 aromatic carbocycles. The molecular weight excluding hydrogens is 262 g/mol. The van der Waals surface area contributed by atoms with Crippen LogP contribution in [0.1, 0.15) is 20.8 Å². The van der Waals surface area contributed by atoms with Crippen LogP contribution in [0.25, 0.3) is 11.1 Å². The number of phenols is 2. The van der Waals surface area contributed by atoms with Crippen molar-refractivity contribution in [1.82, 2.24) is 4.90 Å². The molecule has 0 aliphatic rings. The second kappa shape index (κ2) is 9.03. The van der Waals surface area contributed by atoms with Gasteiger partial charge in [0.1, 0.15) is 0 Å². The van der Waals surface area contributed by atoms with Crippen molar-refractivity contribution in [3.8, 4) is 22.6 Å². The number of aromatic hydroxyl groups is 2. The molecule has 3 nitrogen and oxygen atoms in total. The second-order valence-corrected chi connectivity index (χ2v) is 4.66. The minimum Gasteiger partial charge on any atom is -0.504 e. The fourth-order valence-corrected chi connectivity index (χ4v) is 2.05. The van der Waals surface area contributed by atoms with Gasteiger partial charge in [-0.15, -0.1) is 0 Å². The Labute approximate surface area is 127 Å². The first-order valence-corrected chi connectivity index (χ1v) is 7.42. The van der Waals surface area contributed by atoms with Crippen molar-refractivity contribution in [3.63, 3.8) is 0 Å². The molecule has 0 aliphatic heterocycles. The smallest absolute Gasteiger partial charge is 0.165 e. The Morgan fingerprint density at radius 2 is 1.33 bits per heavy atom. The van der Waals surface area contributed by atoms with E-state index < -0.39 is 0 Å². The van der Waals surface area contributed by atoms with Crippen LogP contribution in [-0.4, -0.2) is 34.7 Å². The van der Waals surface area contributed by atoms with Gasteiger partial charge >= 0.3 is 0 Å². The summed E-state index contributed by atoms with van der Waals surface area (Å²) >= 11 is 0. The first kappa shape index (κ1) is 17.1. The summed E-state index contributed by atoms with van der Waals surface area (Å²) in [5, 5.41) is 18.9. The number of rotatable bonds is 4.